The number of hydrogen-bond donors (Lipinski definition) is 0. The van der Waals surface area contributed by atoms with Gasteiger partial charge in [0.15, 0.2) is 0 Å². The second-order valence-electron chi connectivity index (χ2n) is 20.1. The fourth-order valence-corrected chi connectivity index (χ4v) is 20.1. The summed E-state index contributed by atoms with van der Waals surface area (Å²) in [4.78, 5) is 10.0. The molecule has 6 aliphatic carbocycles. The van der Waals surface area contributed by atoms with E-state index >= 15 is 9.13 Å². The molecule has 7 aromatic rings. The van der Waals surface area contributed by atoms with Gasteiger partial charge >= 0.3 is 0 Å². The Kier molecular flexibility index (Phi) is 11.4. The van der Waals surface area contributed by atoms with E-state index in [-0.39, 0.29) is 34.0 Å². The predicted octanol–water partition coefficient (Wildman–Crippen LogP) is 12.9. The summed E-state index contributed by atoms with van der Waals surface area (Å²) in [5.41, 5.74) is 5.00. The van der Waals surface area contributed by atoms with Crippen LogP contribution in [0.5, 0.6) is 0 Å². The molecule has 0 aliphatic heterocycles. The number of aromatic nitrogens is 2. The van der Waals surface area contributed by atoms with Crippen LogP contribution in [0.15, 0.2) is 194 Å². The van der Waals surface area contributed by atoms with Gasteiger partial charge < -0.3 is 9.13 Å². The molecule has 6 aliphatic rings. The highest BCUT2D eigenvalue weighted by Gasteiger charge is 2.63. The van der Waals surface area contributed by atoms with E-state index in [1.807, 2.05) is 91.1 Å². The molecule has 13 rings (SSSR count). The summed E-state index contributed by atoms with van der Waals surface area (Å²) in [6.45, 7) is 9.61. The van der Waals surface area contributed by atoms with E-state index < -0.39 is 14.3 Å². The van der Waals surface area contributed by atoms with Crippen molar-refractivity contribution in [2.24, 2.45) is 34.5 Å². The van der Waals surface area contributed by atoms with E-state index in [9.17, 15) is 0 Å². The number of hydrogen-bond acceptors (Lipinski definition) is 4. The number of nitrogens with zero attached hydrogens (tertiary/aromatic N) is 2. The van der Waals surface area contributed by atoms with Crippen molar-refractivity contribution in [2.45, 2.75) is 76.5 Å². The van der Waals surface area contributed by atoms with Gasteiger partial charge in [-0.25, -0.2) is 0 Å². The smallest absolute Gasteiger partial charge is 0.146 e. The molecular weight excluding hydrogens is 819 g/mol. The highest BCUT2D eigenvalue weighted by atomic mass is 31.2. The molecule has 8 atom stereocenters. The van der Waals surface area contributed by atoms with Gasteiger partial charge in [-0.3, -0.25) is 9.97 Å². The van der Waals surface area contributed by atoms with Gasteiger partial charge in [-0.15, -0.1) is 0 Å². The Balaban J connectivity index is 0.000000154. The van der Waals surface area contributed by atoms with Gasteiger partial charge in [-0.05, 0) is 84.5 Å². The molecule has 0 amide bonds. The first-order chi connectivity index (χ1) is 31.0. The molecule has 0 unspecified atom stereocenters. The molecule has 2 heterocycles. The van der Waals surface area contributed by atoms with Crippen molar-refractivity contribution in [1.82, 2.24) is 9.97 Å². The highest BCUT2D eigenvalue weighted by molar-refractivity contribution is 7.79. The fourth-order valence-electron chi connectivity index (χ4n) is 12.7. The van der Waals surface area contributed by atoms with Crippen molar-refractivity contribution in [1.29, 1.82) is 0 Å². The van der Waals surface area contributed by atoms with Crippen LogP contribution >= 0.6 is 14.3 Å². The molecule has 6 saturated carbocycles. The lowest BCUT2D eigenvalue weighted by Crippen LogP contribution is -2.57. The molecule has 324 valence electrons. The maximum atomic E-state index is 15.5. The predicted molar refractivity (Wildman–Crippen MR) is 266 cm³/mol. The molecule has 0 N–H and O–H groups in total. The minimum absolute atomic E-state index is 0.0441. The molecule has 0 saturated heterocycles. The molecule has 64 heavy (non-hydrogen) atoms. The average molecular weight is 879 g/mol. The number of rotatable bonds is 9. The van der Waals surface area contributed by atoms with Crippen molar-refractivity contribution in [3.05, 3.63) is 206 Å². The maximum Gasteiger partial charge on any atom is 0.146 e. The van der Waals surface area contributed by atoms with Crippen molar-refractivity contribution in [2.75, 3.05) is 0 Å². The normalized spacial score (nSPS) is 26.2. The Morgan fingerprint density at radius 2 is 0.797 bits per heavy atom. The summed E-state index contributed by atoms with van der Waals surface area (Å²) < 4.78 is 30.6. The lowest BCUT2D eigenvalue weighted by molar-refractivity contribution is -0.0792. The van der Waals surface area contributed by atoms with Crippen LogP contribution in [0.4, 0.5) is 0 Å². The summed E-state index contributed by atoms with van der Waals surface area (Å²) in [6.07, 6.45) is 6.31. The number of pyridine rings is 2. The maximum absolute atomic E-state index is 15.5. The van der Waals surface area contributed by atoms with Crippen LogP contribution in [0, 0.1) is 34.5 Å². The van der Waals surface area contributed by atoms with E-state index in [0.29, 0.717) is 23.7 Å². The standard InChI is InChI=1S/C32H32NOP.C26H28NOP/c1-32(2)24-21-27(32)31(29-20-12-19-28(33-29)23-13-6-3-7-14-23)30(22-24)35(34,25-15-8-4-9-16-25)26-17-10-5-11-18-26;1-26(2)19-17-22(26)25(23-15-9-10-16-27-23)24(18-19)29(28,20-11-5-3-6-12-20)21-13-7-4-8-14-21/h3-20,24,27,30-31H,21-22H2,1-2H3;3-16,19,22,24-25H,17-18H2,1-2H3/t24-,27+,30+,31-;19-,22+,24+,25-/m11/s1. The molecule has 0 spiro atoms. The van der Waals surface area contributed by atoms with E-state index in [1.54, 1.807) is 0 Å². The third-order valence-electron chi connectivity index (χ3n) is 16.5. The Hall–Kier alpha value is -5.14. The molecule has 5 aromatic carbocycles. The molecule has 6 fully saturated rings. The molecule has 0 radical (unpaired) electrons. The minimum Gasteiger partial charge on any atom is -0.313 e. The molecular formula is C58H60N2O2P2. The molecule has 4 bridgehead atoms. The summed E-state index contributed by atoms with van der Waals surface area (Å²) in [6, 6.07) is 63.8. The Morgan fingerprint density at radius 1 is 0.422 bits per heavy atom. The Bertz CT molecular complexity index is 2700. The minimum atomic E-state index is -2.91. The van der Waals surface area contributed by atoms with Crippen LogP contribution < -0.4 is 21.2 Å². The number of benzene rings is 5. The second-order valence-corrected chi connectivity index (χ2v) is 26.1. The topological polar surface area (TPSA) is 59.9 Å². The van der Waals surface area contributed by atoms with E-state index in [1.165, 1.54) is 12.8 Å². The third kappa shape index (κ3) is 7.21. The molecule has 4 nitrogen and oxygen atoms in total. The zero-order valence-corrected chi connectivity index (χ0v) is 39.3. The quantitative estimate of drug-likeness (QED) is 0.136. The largest absolute Gasteiger partial charge is 0.313 e. The first-order valence-electron chi connectivity index (χ1n) is 23.4. The van der Waals surface area contributed by atoms with Crippen LogP contribution in [0.1, 0.15) is 76.6 Å². The van der Waals surface area contributed by atoms with Gasteiger partial charge in [0.1, 0.15) is 14.3 Å². The van der Waals surface area contributed by atoms with Crippen molar-refractivity contribution >= 4 is 35.5 Å². The van der Waals surface area contributed by atoms with Crippen molar-refractivity contribution in [3.8, 4) is 11.3 Å². The second kappa shape index (κ2) is 17.0. The highest BCUT2D eigenvalue weighted by Crippen LogP contribution is 2.72. The van der Waals surface area contributed by atoms with Gasteiger partial charge in [-0.1, -0.05) is 191 Å². The summed E-state index contributed by atoms with van der Waals surface area (Å²) >= 11 is 0. The van der Waals surface area contributed by atoms with Crippen LogP contribution in [0.25, 0.3) is 11.3 Å². The Morgan fingerprint density at radius 3 is 1.19 bits per heavy atom. The third-order valence-corrected chi connectivity index (χ3v) is 23.7. The monoisotopic (exact) mass is 878 g/mol. The lowest BCUT2D eigenvalue weighted by Gasteiger charge is -2.63. The summed E-state index contributed by atoms with van der Waals surface area (Å²) in [5.74, 6) is 2.63. The first kappa shape index (κ1) is 42.8. The van der Waals surface area contributed by atoms with E-state index in [0.717, 1.165) is 56.7 Å². The van der Waals surface area contributed by atoms with Gasteiger partial charge in [0.2, 0.25) is 0 Å². The summed E-state index contributed by atoms with van der Waals surface area (Å²) in [5, 5.41) is 3.91. The average Bonchev–Trinajstić information content (AvgIpc) is 3.37. The van der Waals surface area contributed by atoms with Crippen molar-refractivity contribution < 1.29 is 9.13 Å². The molecule has 2 aromatic heterocycles. The zero-order chi connectivity index (χ0) is 44.1. The summed E-state index contributed by atoms with van der Waals surface area (Å²) in [7, 11) is -5.74. The van der Waals surface area contributed by atoms with Crippen LogP contribution in [0.2, 0.25) is 0 Å². The van der Waals surface area contributed by atoms with Crippen molar-refractivity contribution in [3.63, 3.8) is 0 Å². The van der Waals surface area contributed by atoms with Crippen LogP contribution in [-0.2, 0) is 9.13 Å². The zero-order valence-electron chi connectivity index (χ0n) is 37.5. The van der Waals surface area contributed by atoms with Gasteiger partial charge in [0, 0.05) is 67.5 Å². The van der Waals surface area contributed by atoms with Gasteiger partial charge in [0.05, 0.1) is 5.69 Å². The SMILES string of the molecule is CC1(C)[C@@H]2C[C@H]1[C@H](c1cccc(-c3ccccc3)n1)[C@@H](P(=O)(c1ccccc1)c1ccccc1)C2.CC1(C)[C@@H]2C[C@H]1[C@H](c1ccccn1)[C@@H](P(=O)(c1ccccc1)c1ccccc1)C2. The Labute approximate surface area is 380 Å². The first-order valence-corrected chi connectivity index (χ1v) is 26.9. The number of fused-ring (bicyclic) bond motifs is 4. The van der Waals surface area contributed by atoms with E-state index in [4.69, 9.17) is 9.97 Å². The van der Waals surface area contributed by atoms with E-state index in [2.05, 4.69) is 131 Å². The van der Waals surface area contributed by atoms with Gasteiger partial charge in [-0.2, -0.15) is 0 Å². The van der Waals surface area contributed by atoms with Crippen LogP contribution in [0.3, 0.4) is 0 Å². The van der Waals surface area contributed by atoms with Crippen LogP contribution in [-0.4, -0.2) is 21.3 Å². The lowest BCUT2D eigenvalue weighted by atomic mass is 9.45. The fraction of sp³-hybridized carbons (Fsp3) is 0.310. The molecule has 6 heteroatoms. The van der Waals surface area contributed by atoms with Gasteiger partial charge in [0.25, 0.3) is 0 Å².